The minimum absolute atomic E-state index is 0.0795. The zero-order chi connectivity index (χ0) is 17.9. The van der Waals surface area contributed by atoms with Gasteiger partial charge in [-0.2, -0.15) is 11.8 Å². The van der Waals surface area contributed by atoms with Crippen LogP contribution in [0.4, 0.5) is 0 Å². The number of carbonyl (C=O) groups is 1. The van der Waals surface area contributed by atoms with Gasteiger partial charge in [0.25, 0.3) is 5.91 Å². The lowest BCUT2D eigenvalue weighted by molar-refractivity contribution is 0.0725. The van der Waals surface area contributed by atoms with E-state index in [1.807, 2.05) is 66.2 Å². The Kier molecular flexibility index (Phi) is 4.89. The molecule has 0 radical (unpaired) electrons. The zero-order valence-electron chi connectivity index (χ0n) is 14.8. The molecule has 1 saturated heterocycles. The molecule has 5 heteroatoms. The van der Waals surface area contributed by atoms with Gasteiger partial charge in [0, 0.05) is 36.4 Å². The van der Waals surface area contributed by atoms with Gasteiger partial charge >= 0.3 is 0 Å². The fourth-order valence-electron chi connectivity index (χ4n) is 3.45. The van der Waals surface area contributed by atoms with E-state index in [9.17, 15) is 4.79 Å². The molecule has 1 aromatic carbocycles. The third-order valence-electron chi connectivity index (χ3n) is 4.98. The Bertz CT molecular complexity index is 923. The Morgan fingerprint density at radius 2 is 1.85 bits per heavy atom. The summed E-state index contributed by atoms with van der Waals surface area (Å²) in [5.41, 5.74) is 3.35. The first-order valence-corrected chi connectivity index (χ1v) is 10.0. The smallest absolute Gasteiger partial charge is 0.254 e. The standard InChI is InChI=1S/C21H21N3OS/c1-24(16-8-12-26-13-9-16)21(25)18-14-20(15-6-10-22-11-7-15)23-19-5-3-2-4-17(18)19/h2-7,10-11,14,16H,8-9,12-13H2,1H3. The predicted octanol–water partition coefficient (Wildman–Crippen LogP) is 4.26. The monoisotopic (exact) mass is 363 g/mol. The average Bonchev–Trinajstić information content (AvgIpc) is 2.73. The summed E-state index contributed by atoms with van der Waals surface area (Å²) < 4.78 is 0. The van der Waals surface area contributed by atoms with E-state index in [1.165, 1.54) is 0 Å². The normalized spacial score (nSPS) is 15.1. The fraction of sp³-hybridized carbons (Fsp3) is 0.286. The summed E-state index contributed by atoms with van der Waals surface area (Å²) in [6, 6.07) is 14.0. The van der Waals surface area contributed by atoms with Crippen LogP contribution in [0.25, 0.3) is 22.2 Å². The van der Waals surface area contributed by atoms with E-state index in [0.29, 0.717) is 6.04 Å². The Labute approximate surface area is 157 Å². The number of nitrogens with zero attached hydrogens (tertiary/aromatic N) is 3. The van der Waals surface area contributed by atoms with Crippen LogP contribution < -0.4 is 0 Å². The average molecular weight is 363 g/mol. The third-order valence-corrected chi connectivity index (χ3v) is 6.03. The van der Waals surface area contributed by atoms with E-state index in [2.05, 4.69) is 4.98 Å². The number of amides is 1. The second kappa shape index (κ2) is 7.46. The van der Waals surface area contributed by atoms with Crippen molar-refractivity contribution in [3.05, 3.63) is 60.4 Å². The van der Waals surface area contributed by atoms with Crippen LogP contribution in [-0.4, -0.2) is 45.4 Å². The van der Waals surface area contributed by atoms with E-state index in [-0.39, 0.29) is 5.91 Å². The van der Waals surface area contributed by atoms with Gasteiger partial charge in [-0.25, -0.2) is 4.98 Å². The highest BCUT2D eigenvalue weighted by atomic mass is 32.2. The molecule has 1 amide bonds. The van der Waals surface area contributed by atoms with Gasteiger partial charge in [-0.15, -0.1) is 0 Å². The first-order valence-electron chi connectivity index (χ1n) is 8.89. The Morgan fingerprint density at radius 3 is 2.62 bits per heavy atom. The van der Waals surface area contributed by atoms with E-state index < -0.39 is 0 Å². The van der Waals surface area contributed by atoms with Crippen molar-refractivity contribution in [2.75, 3.05) is 18.6 Å². The molecule has 26 heavy (non-hydrogen) atoms. The van der Waals surface area contributed by atoms with Crippen molar-refractivity contribution in [1.82, 2.24) is 14.9 Å². The van der Waals surface area contributed by atoms with Crippen LogP contribution in [0.2, 0.25) is 0 Å². The van der Waals surface area contributed by atoms with Gasteiger partial charge in [0.2, 0.25) is 0 Å². The summed E-state index contributed by atoms with van der Waals surface area (Å²) in [5.74, 6) is 2.33. The second-order valence-electron chi connectivity index (χ2n) is 6.57. The molecule has 1 fully saturated rings. The molecule has 4 rings (SSSR count). The number of thioether (sulfide) groups is 1. The molecule has 4 nitrogen and oxygen atoms in total. The summed E-state index contributed by atoms with van der Waals surface area (Å²) in [7, 11) is 1.93. The molecule has 132 valence electrons. The maximum Gasteiger partial charge on any atom is 0.254 e. The van der Waals surface area contributed by atoms with Crippen LogP contribution in [0.1, 0.15) is 23.2 Å². The quantitative estimate of drug-likeness (QED) is 0.697. The van der Waals surface area contributed by atoms with Crippen LogP contribution >= 0.6 is 11.8 Å². The van der Waals surface area contributed by atoms with Gasteiger partial charge in [-0.05, 0) is 48.6 Å². The molecule has 0 unspecified atom stereocenters. The van der Waals surface area contributed by atoms with Crippen molar-refractivity contribution in [2.45, 2.75) is 18.9 Å². The summed E-state index contributed by atoms with van der Waals surface area (Å²) >= 11 is 1.97. The molecule has 0 saturated carbocycles. The number of carbonyl (C=O) groups excluding carboxylic acids is 1. The van der Waals surface area contributed by atoms with Crippen molar-refractivity contribution in [3.8, 4) is 11.3 Å². The highest BCUT2D eigenvalue weighted by Crippen LogP contribution is 2.27. The lowest BCUT2D eigenvalue weighted by atomic mass is 10.0. The molecular formula is C21H21N3OS. The highest BCUT2D eigenvalue weighted by molar-refractivity contribution is 7.99. The van der Waals surface area contributed by atoms with E-state index in [4.69, 9.17) is 4.98 Å². The van der Waals surface area contributed by atoms with Gasteiger partial charge < -0.3 is 4.90 Å². The number of pyridine rings is 2. The largest absolute Gasteiger partial charge is 0.339 e. The Hall–Kier alpha value is -2.40. The van der Waals surface area contributed by atoms with Gasteiger partial charge in [-0.1, -0.05) is 18.2 Å². The number of benzene rings is 1. The van der Waals surface area contributed by atoms with Gasteiger partial charge in [0.1, 0.15) is 0 Å². The molecule has 0 aliphatic carbocycles. The van der Waals surface area contributed by atoms with E-state index in [0.717, 1.165) is 52.1 Å². The van der Waals surface area contributed by atoms with Gasteiger partial charge in [-0.3, -0.25) is 9.78 Å². The van der Waals surface area contributed by atoms with Crippen molar-refractivity contribution >= 4 is 28.6 Å². The summed E-state index contributed by atoms with van der Waals surface area (Å²) in [4.78, 5) is 24.1. The maximum atomic E-state index is 13.3. The van der Waals surface area contributed by atoms with E-state index >= 15 is 0 Å². The molecule has 3 aromatic rings. The number of para-hydroxylation sites is 1. The molecule has 3 heterocycles. The molecule has 1 aliphatic heterocycles. The minimum atomic E-state index is 0.0795. The number of rotatable bonds is 3. The molecule has 0 N–H and O–H groups in total. The summed E-state index contributed by atoms with van der Waals surface area (Å²) in [5, 5.41) is 0.910. The van der Waals surface area contributed by atoms with Crippen LogP contribution in [0.3, 0.4) is 0 Å². The summed E-state index contributed by atoms with van der Waals surface area (Å²) in [6.45, 7) is 0. The first-order chi connectivity index (χ1) is 12.7. The number of hydrogen-bond donors (Lipinski definition) is 0. The van der Waals surface area contributed by atoms with Crippen LogP contribution in [0.15, 0.2) is 54.9 Å². The van der Waals surface area contributed by atoms with Crippen LogP contribution in [-0.2, 0) is 0 Å². The molecule has 0 atom stereocenters. The highest BCUT2D eigenvalue weighted by Gasteiger charge is 2.25. The molecule has 0 bridgehead atoms. The molecular weight excluding hydrogens is 342 g/mol. The van der Waals surface area contributed by atoms with Crippen LogP contribution in [0, 0.1) is 0 Å². The molecule has 2 aromatic heterocycles. The number of fused-ring (bicyclic) bond motifs is 1. The fourth-order valence-corrected chi connectivity index (χ4v) is 4.53. The Balaban J connectivity index is 1.78. The zero-order valence-corrected chi connectivity index (χ0v) is 15.6. The lowest BCUT2D eigenvalue weighted by Gasteiger charge is -2.31. The van der Waals surface area contributed by atoms with E-state index in [1.54, 1.807) is 12.4 Å². The SMILES string of the molecule is CN(C(=O)c1cc(-c2ccncc2)nc2ccccc12)C1CCSCC1. The minimum Gasteiger partial charge on any atom is -0.339 e. The van der Waals surface area contributed by atoms with Gasteiger partial charge in [0.15, 0.2) is 0 Å². The lowest BCUT2D eigenvalue weighted by Crippen LogP contribution is -2.39. The third kappa shape index (κ3) is 3.31. The van der Waals surface area contributed by atoms with Crippen molar-refractivity contribution < 1.29 is 4.79 Å². The molecule has 0 spiro atoms. The van der Waals surface area contributed by atoms with Crippen molar-refractivity contribution in [3.63, 3.8) is 0 Å². The first kappa shape index (κ1) is 17.0. The Morgan fingerprint density at radius 1 is 1.12 bits per heavy atom. The predicted molar refractivity (Wildman–Crippen MR) is 107 cm³/mol. The topological polar surface area (TPSA) is 46.1 Å². The van der Waals surface area contributed by atoms with Crippen molar-refractivity contribution in [1.29, 1.82) is 0 Å². The maximum absolute atomic E-state index is 13.3. The van der Waals surface area contributed by atoms with Gasteiger partial charge in [0.05, 0.1) is 16.8 Å². The van der Waals surface area contributed by atoms with Crippen LogP contribution in [0.5, 0.6) is 0 Å². The summed E-state index contributed by atoms with van der Waals surface area (Å²) in [6.07, 6.45) is 5.62. The second-order valence-corrected chi connectivity index (χ2v) is 7.79. The molecule has 1 aliphatic rings. The number of hydrogen-bond acceptors (Lipinski definition) is 4. The number of aromatic nitrogens is 2. The van der Waals surface area contributed by atoms with Crippen molar-refractivity contribution in [2.24, 2.45) is 0 Å².